The molecule has 0 radical (unpaired) electrons. The van der Waals surface area contributed by atoms with Crippen molar-refractivity contribution >= 4 is 0 Å². The van der Waals surface area contributed by atoms with Crippen molar-refractivity contribution in [1.82, 2.24) is 5.32 Å². The zero-order chi connectivity index (χ0) is 14.8. The van der Waals surface area contributed by atoms with Gasteiger partial charge in [0.25, 0.3) is 0 Å². The SMILES string of the molecule is COc1cc(OC)cc([C@H](O)CN[C@@H]2C[C@H]3CC[C@H]2C3)c1. The van der Waals surface area contributed by atoms with Crippen LogP contribution in [0.1, 0.15) is 37.4 Å². The molecule has 0 amide bonds. The first-order valence-electron chi connectivity index (χ1n) is 7.84. The van der Waals surface area contributed by atoms with Gasteiger partial charge >= 0.3 is 0 Å². The molecule has 0 spiro atoms. The number of nitrogens with one attached hydrogen (secondary N) is 1. The van der Waals surface area contributed by atoms with Gasteiger partial charge in [-0.1, -0.05) is 6.42 Å². The summed E-state index contributed by atoms with van der Waals surface area (Å²) in [6, 6.07) is 6.15. The van der Waals surface area contributed by atoms with Crippen molar-refractivity contribution in [2.75, 3.05) is 20.8 Å². The van der Waals surface area contributed by atoms with Gasteiger partial charge in [-0.05, 0) is 48.8 Å². The second kappa shape index (κ2) is 6.24. The van der Waals surface area contributed by atoms with E-state index in [1.54, 1.807) is 14.2 Å². The number of rotatable bonds is 6. The van der Waals surface area contributed by atoms with Crippen LogP contribution in [0.3, 0.4) is 0 Å². The molecule has 1 aromatic carbocycles. The van der Waals surface area contributed by atoms with Crippen LogP contribution in [-0.2, 0) is 0 Å². The predicted octanol–water partition coefficient (Wildman–Crippen LogP) is 2.52. The lowest BCUT2D eigenvalue weighted by molar-refractivity contribution is 0.163. The van der Waals surface area contributed by atoms with E-state index in [1.807, 2.05) is 18.2 Å². The molecule has 116 valence electrons. The van der Waals surface area contributed by atoms with Crippen molar-refractivity contribution in [2.45, 2.75) is 37.8 Å². The minimum absolute atomic E-state index is 0.534. The Kier molecular flexibility index (Phi) is 4.36. The second-order valence-electron chi connectivity index (χ2n) is 6.35. The smallest absolute Gasteiger partial charge is 0.122 e. The van der Waals surface area contributed by atoms with Crippen LogP contribution in [-0.4, -0.2) is 31.9 Å². The average molecular weight is 291 g/mol. The van der Waals surface area contributed by atoms with Crippen molar-refractivity contribution in [3.63, 3.8) is 0 Å². The number of benzene rings is 1. The van der Waals surface area contributed by atoms with Crippen LogP contribution < -0.4 is 14.8 Å². The van der Waals surface area contributed by atoms with Gasteiger partial charge in [0.1, 0.15) is 11.5 Å². The van der Waals surface area contributed by atoms with E-state index in [-0.39, 0.29) is 0 Å². The molecule has 0 unspecified atom stereocenters. The van der Waals surface area contributed by atoms with Crippen LogP contribution in [0, 0.1) is 11.8 Å². The topological polar surface area (TPSA) is 50.7 Å². The third-order valence-corrected chi connectivity index (χ3v) is 5.07. The van der Waals surface area contributed by atoms with E-state index in [2.05, 4.69) is 5.32 Å². The lowest BCUT2D eigenvalue weighted by Gasteiger charge is -2.24. The maximum Gasteiger partial charge on any atom is 0.122 e. The first-order valence-corrected chi connectivity index (χ1v) is 7.84. The van der Waals surface area contributed by atoms with Crippen LogP contribution >= 0.6 is 0 Å². The molecular formula is C17H25NO3. The molecule has 4 heteroatoms. The number of aliphatic hydroxyl groups excluding tert-OH is 1. The van der Waals surface area contributed by atoms with Crippen molar-refractivity contribution in [3.05, 3.63) is 23.8 Å². The molecule has 4 atom stereocenters. The number of hydrogen-bond acceptors (Lipinski definition) is 4. The van der Waals surface area contributed by atoms with Crippen molar-refractivity contribution in [3.8, 4) is 11.5 Å². The van der Waals surface area contributed by atoms with Crippen molar-refractivity contribution in [1.29, 1.82) is 0 Å². The molecule has 2 N–H and O–H groups in total. The molecule has 0 heterocycles. The Morgan fingerprint density at radius 1 is 1.14 bits per heavy atom. The number of methoxy groups -OCH3 is 2. The number of fused-ring (bicyclic) bond motifs is 2. The molecule has 2 aliphatic rings. The molecule has 2 bridgehead atoms. The highest BCUT2D eigenvalue weighted by atomic mass is 16.5. The minimum Gasteiger partial charge on any atom is -0.497 e. The zero-order valence-electron chi connectivity index (χ0n) is 12.8. The molecule has 3 rings (SSSR count). The van der Waals surface area contributed by atoms with Gasteiger partial charge in [0.2, 0.25) is 0 Å². The number of ether oxygens (including phenoxy) is 2. The Morgan fingerprint density at radius 2 is 1.86 bits per heavy atom. The molecule has 0 saturated heterocycles. The second-order valence-corrected chi connectivity index (χ2v) is 6.35. The zero-order valence-corrected chi connectivity index (χ0v) is 12.8. The summed E-state index contributed by atoms with van der Waals surface area (Å²) in [6.45, 7) is 0.588. The molecular weight excluding hydrogens is 266 g/mol. The monoisotopic (exact) mass is 291 g/mol. The van der Waals surface area contributed by atoms with E-state index in [0.29, 0.717) is 24.1 Å². The fraction of sp³-hybridized carbons (Fsp3) is 0.647. The summed E-state index contributed by atoms with van der Waals surface area (Å²) >= 11 is 0. The van der Waals surface area contributed by atoms with Gasteiger partial charge in [-0.25, -0.2) is 0 Å². The number of aliphatic hydroxyl groups is 1. The maximum atomic E-state index is 10.4. The number of hydrogen-bond donors (Lipinski definition) is 2. The first kappa shape index (κ1) is 14.7. The largest absolute Gasteiger partial charge is 0.497 e. The normalized spacial score (nSPS) is 28.6. The Morgan fingerprint density at radius 3 is 2.38 bits per heavy atom. The van der Waals surface area contributed by atoms with Gasteiger partial charge in [0.15, 0.2) is 0 Å². The molecule has 0 aliphatic heterocycles. The molecule has 2 saturated carbocycles. The fourth-order valence-corrected chi connectivity index (χ4v) is 3.90. The molecule has 21 heavy (non-hydrogen) atoms. The predicted molar refractivity (Wildman–Crippen MR) is 81.7 cm³/mol. The maximum absolute atomic E-state index is 10.4. The third-order valence-electron chi connectivity index (χ3n) is 5.07. The Bertz CT molecular complexity index is 469. The quantitative estimate of drug-likeness (QED) is 0.845. The van der Waals surface area contributed by atoms with E-state index < -0.39 is 6.10 Å². The molecule has 1 aromatic rings. The highest BCUT2D eigenvalue weighted by Crippen LogP contribution is 2.44. The summed E-state index contributed by atoms with van der Waals surface area (Å²) in [4.78, 5) is 0. The summed E-state index contributed by atoms with van der Waals surface area (Å²) in [5, 5.41) is 14.0. The minimum atomic E-state index is -0.534. The van der Waals surface area contributed by atoms with Gasteiger partial charge in [0, 0.05) is 18.7 Å². The highest BCUT2D eigenvalue weighted by molar-refractivity contribution is 5.39. The summed E-state index contributed by atoms with van der Waals surface area (Å²) in [7, 11) is 3.25. The first-order chi connectivity index (χ1) is 10.2. The van der Waals surface area contributed by atoms with Crippen molar-refractivity contribution in [2.24, 2.45) is 11.8 Å². The van der Waals surface area contributed by atoms with Crippen LogP contribution in [0.2, 0.25) is 0 Å². The van der Waals surface area contributed by atoms with E-state index >= 15 is 0 Å². The van der Waals surface area contributed by atoms with E-state index in [0.717, 1.165) is 17.4 Å². The molecule has 0 aromatic heterocycles. The van der Waals surface area contributed by atoms with E-state index in [4.69, 9.17) is 9.47 Å². The van der Waals surface area contributed by atoms with E-state index in [1.165, 1.54) is 25.7 Å². The Balaban J connectivity index is 1.61. The fourth-order valence-electron chi connectivity index (χ4n) is 3.90. The van der Waals surface area contributed by atoms with Gasteiger partial charge in [-0.2, -0.15) is 0 Å². The van der Waals surface area contributed by atoms with Crippen molar-refractivity contribution < 1.29 is 14.6 Å². The molecule has 2 aliphatic carbocycles. The van der Waals surface area contributed by atoms with Crippen LogP contribution in [0.4, 0.5) is 0 Å². The highest BCUT2D eigenvalue weighted by Gasteiger charge is 2.39. The van der Waals surface area contributed by atoms with Crippen LogP contribution in [0.5, 0.6) is 11.5 Å². The lowest BCUT2D eigenvalue weighted by atomic mass is 9.95. The molecule has 2 fully saturated rings. The Hall–Kier alpha value is -1.26. The third kappa shape index (κ3) is 3.16. The van der Waals surface area contributed by atoms with Gasteiger partial charge in [0.05, 0.1) is 20.3 Å². The summed E-state index contributed by atoms with van der Waals surface area (Å²) < 4.78 is 10.5. The standard InChI is InChI=1S/C17H25NO3/c1-20-14-7-13(8-15(9-14)21-2)17(19)10-18-16-6-11-3-4-12(16)5-11/h7-9,11-12,16-19H,3-6,10H2,1-2H3/t11-,12-,16+,17+/m0/s1. The van der Waals surface area contributed by atoms with Crippen LogP contribution in [0.25, 0.3) is 0 Å². The Labute approximate surface area is 126 Å². The van der Waals surface area contributed by atoms with Gasteiger partial charge in [-0.3, -0.25) is 0 Å². The van der Waals surface area contributed by atoms with E-state index in [9.17, 15) is 5.11 Å². The van der Waals surface area contributed by atoms with Gasteiger partial charge in [-0.15, -0.1) is 0 Å². The van der Waals surface area contributed by atoms with Gasteiger partial charge < -0.3 is 19.9 Å². The summed E-state index contributed by atoms with van der Waals surface area (Å²) in [5.41, 5.74) is 0.835. The summed E-state index contributed by atoms with van der Waals surface area (Å²) in [6.07, 6.45) is 4.87. The average Bonchev–Trinajstić information content (AvgIpc) is 3.14. The van der Waals surface area contributed by atoms with Crippen LogP contribution in [0.15, 0.2) is 18.2 Å². The lowest BCUT2D eigenvalue weighted by Crippen LogP contribution is -2.36. The molecule has 4 nitrogen and oxygen atoms in total. The summed E-state index contributed by atoms with van der Waals surface area (Å²) in [5.74, 6) is 3.16.